The standard InChI is InChI=1S/C10H8O2/c11-7-10(12)5-8-3-1-2-4-9(8)6-10/h1-7,12H. The van der Waals surface area contributed by atoms with E-state index in [0.717, 1.165) is 10.4 Å². The van der Waals surface area contributed by atoms with Crippen molar-refractivity contribution in [3.63, 3.8) is 0 Å². The van der Waals surface area contributed by atoms with Gasteiger partial charge < -0.3 is 5.11 Å². The fourth-order valence-electron chi connectivity index (χ4n) is 1.38. The maximum absolute atomic E-state index is 10.5. The molecule has 0 atom stereocenters. The van der Waals surface area contributed by atoms with E-state index in [1.807, 2.05) is 24.3 Å². The third kappa shape index (κ3) is 0.970. The molecule has 0 fully saturated rings. The van der Waals surface area contributed by atoms with Gasteiger partial charge in [-0.1, -0.05) is 24.3 Å². The summed E-state index contributed by atoms with van der Waals surface area (Å²) in [6.45, 7) is 0. The molecule has 0 bridgehead atoms. The number of aliphatic hydroxyl groups is 1. The fraction of sp³-hybridized carbons (Fsp3) is 0.100. The summed E-state index contributed by atoms with van der Waals surface area (Å²) in [5, 5.41) is 11.4. The van der Waals surface area contributed by atoms with Crippen molar-refractivity contribution in [1.82, 2.24) is 0 Å². The number of aldehydes is 1. The van der Waals surface area contributed by atoms with Crippen LogP contribution in [0, 0.1) is 0 Å². The van der Waals surface area contributed by atoms with Crippen LogP contribution < -0.4 is 10.4 Å². The lowest BCUT2D eigenvalue weighted by Crippen LogP contribution is -2.21. The van der Waals surface area contributed by atoms with Crippen molar-refractivity contribution in [3.05, 3.63) is 34.7 Å². The third-order valence-corrected chi connectivity index (χ3v) is 1.96. The lowest BCUT2D eigenvalue weighted by molar-refractivity contribution is -0.115. The number of benzene rings is 1. The predicted molar refractivity (Wildman–Crippen MR) is 45.6 cm³/mol. The van der Waals surface area contributed by atoms with Crippen LogP contribution in [0.25, 0.3) is 12.2 Å². The van der Waals surface area contributed by atoms with E-state index < -0.39 is 5.60 Å². The van der Waals surface area contributed by atoms with Crippen LogP contribution in [0.1, 0.15) is 0 Å². The molecule has 2 rings (SSSR count). The second kappa shape index (κ2) is 2.29. The van der Waals surface area contributed by atoms with Gasteiger partial charge in [0, 0.05) is 0 Å². The monoisotopic (exact) mass is 160 g/mol. The molecule has 0 radical (unpaired) electrons. The number of carbonyl (C=O) groups is 1. The summed E-state index contributed by atoms with van der Waals surface area (Å²) in [6, 6.07) is 7.49. The molecule has 1 N–H and O–H groups in total. The van der Waals surface area contributed by atoms with Crippen molar-refractivity contribution in [3.8, 4) is 0 Å². The van der Waals surface area contributed by atoms with Gasteiger partial charge in [-0.05, 0) is 22.6 Å². The molecule has 0 spiro atoms. The topological polar surface area (TPSA) is 37.3 Å². The van der Waals surface area contributed by atoms with Crippen molar-refractivity contribution in [1.29, 1.82) is 0 Å². The molecule has 0 aliphatic heterocycles. The van der Waals surface area contributed by atoms with E-state index in [0.29, 0.717) is 6.29 Å². The van der Waals surface area contributed by atoms with Crippen molar-refractivity contribution in [2.45, 2.75) is 5.60 Å². The molecule has 12 heavy (non-hydrogen) atoms. The molecule has 1 aromatic rings. The van der Waals surface area contributed by atoms with Crippen molar-refractivity contribution >= 4 is 18.4 Å². The van der Waals surface area contributed by atoms with Crippen LogP contribution in [-0.4, -0.2) is 17.0 Å². The zero-order valence-electron chi connectivity index (χ0n) is 6.40. The van der Waals surface area contributed by atoms with Gasteiger partial charge in [-0.15, -0.1) is 0 Å². The normalized spacial score (nSPS) is 17.4. The number of carbonyl (C=O) groups excluding carboxylic acids is 1. The van der Waals surface area contributed by atoms with E-state index in [9.17, 15) is 9.90 Å². The van der Waals surface area contributed by atoms with Crippen LogP contribution in [0.4, 0.5) is 0 Å². The average Bonchev–Trinajstić information content (AvgIpc) is 2.42. The molecule has 0 saturated carbocycles. The largest absolute Gasteiger partial charge is 0.374 e. The van der Waals surface area contributed by atoms with Crippen molar-refractivity contribution in [2.75, 3.05) is 0 Å². The molecule has 1 aliphatic rings. The molecular formula is C10H8O2. The minimum Gasteiger partial charge on any atom is -0.374 e. The Kier molecular flexibility index (Phi) is 1.38. The highest BCUT2D eigenvalue weighted by molar-refractivity contribution is 5.86. The summed E-state index contributed by atoms with van der Waals surface area (Å²) in [4.78, 5) is 10.5. The van der Waals surface area contributed by atoms with Gasteiger partial charge in [-0.2, -0.15) is 0 Å². The van der Waals surface area contributed by atoms with Gasteiger partial charge in [-0.25, -0.2) is 0 Å². The molecule has 0 saturated heterocycles. The Morgan fingerprint density at radius 1 is 1.17 bits per heavy atom. The highest BCUT2D eigenvalue weighted by Gasteiger charge is 2.22. The van der Waals surface area contributed by atoms with Crippen LogP contribution in [-0.2, 0) is 4.79 Å². The first-order chi connectivity index (χ1) is 5.73. The zero-order chi connectivity index (χ0) is 8.60. The van der Waals surface area contributed by atoms with E-state index in [2.05, 4.69) is 0 Å². The lowest BCUT2D eigenvalue weighted by Gasteiger charge is -2.05. The maximum atomic E-state index is 10.5. The number of hydrogen-bond acceptors (Lipinski definition) is 2. The van der Waals surface area contributed by atoms with Crippen molar-refractivity contribution < 1.29 is 9.90 Å². The fourth-order valence-corrected chi connectivity index (χ4v) is 1.38. The minimum atomic E-state index is -1.39. The Bertz CT molecular complexity index is 396. The Labute approximate surface area is 69.5 Å². The van der Waals surface area contributed by atoms with Crippen LogP contribution in [0.2, 0.25) is 0 Å². The van der Waals surface area contributed by atoms with Crippen LogP contribution in [0.15, 0.2) is 24.3 Å². The SMILES string of the molecule is O=CC1(O)C=c2ccccc2=C1. The number of fused-ring (bicyclic) bond motifs is 1. The molecule has 0 unspecified atom stereocenters. The summed E-state index contributed by atoms with van der Waals surface area (Å²) < 4.78 is 0. The molecular weight excluding hydrogens is 152 g/mol. The molecule has 0 heterocycles. The van der Waals surface area contributed by atoms with Gasteiger partial charge >= 0.3 is 0 Å². The van der Waals surface area contributed by atoms with E-state index in [-0.39, 0.29) is 0 Å². The summed E-state index contributed by atoms with van der Waals surface area (Å²) in [7, 11) is 0. The van der Waals surface area contributed by atoms with Gasteiger partial charge in [0.15, 0.2) is 11.9 Å². The third-order valence-electron chi connectivity index (χ3n) is 1.96. The summed E-state index contributed by atoms with van der Waals surface area (Å²) in [5.74, 6) is 0. The van der Waals surface area contributed by atoms with Gasteiger partial charge in [0.05, 0.1) is 0 Å². The zero-order valence-corrected chi connectivity index (χ0v) is 6.40. The van der Waals surface area contributed by atoms with Gasteiger partial charge in [-0.3, -0.25) is 4.79 Å². The van der Waals surface area contributed by atoms with Gasteiger partial charge in [0.1, 0.15) is 0 Å². The van der Waals surface area contributed by atoms with Gasteiger partial charge in [0.25, 0.3) is 0 Å². The van der Waals surface area contributed by atoms with E-state index in [1.165, 1.54) is 0 Å². The van der Waals surface area contributed by atoms with Crippen LogP contribution in [0.5, 0.6) is 0 Å². The molecule has 0 aromatic heterocycles. The Morgan fingerprint density at radius 2 is 1.67 bits per heavy atom. The second-order valence-electron chi connectivity index (χ2n) is 2.92. The smallest absolute Gasteiger partial charge is 0.159 e. The van der Waals surface area contributed by atoms with E-state index >= 15 is 0 Å². The molecule has 0 amide bonds. The first kappa shape index (κ1) is 7.25. The molecule has 2 nitrogen and oxygen atoms in total. The number of rotatable bonds is 1. The van der Waals surface area contributed by atoms with Crippen LogP contribution >= 0.6 is 0 Å². The Morgan fingerprint density at radius 3 is 2.08 bits per heavy atom. The molecule has 1 aliphatic carbocycles. The Hall–Kier alpha value is -1.41. The summed E-state index contributed by atoms with van der Waals surface area (Å²) >= 11 is 0. The summed E-state index contributed by atoms with van der Waals surface area (Å²) in [6.07, 6.45) is 3.64. The quantitative estimate of drug-likeness (QED) is 0.546. The summed E-state index contributed by atoms with van der Waals surface area (Å²) in [5.41, 5.74) is -1.39. The van der Waals surface area contributed by atoms with Gasteiger partial charge in [0.2, 0.25) is 0 Å². The number of hydrogen-bond donors (Lipinski definition) is 1. The average molecular weight is 160 g/mol. The molecule has 60 valence electrons. The lowest BCUT2D eigenvalue weighted by atomic mass is 10.1. The first-order valence-electron chi connectivity index (χ1n) is 3.73. The highest BCUT2D eigenvalue weighted by atomic mass is 16.3. The predicted octanol–water partition coefficient (Wildman–Crippen LogP) is -0.809. The highest BCUT2D eigenvalue weighted by Crippen LogP contribution is 2.06. The van der Waals surface area contributed by atoms with E-state index in [1.54, 1.807) is 12.2 Å². The minimum absolute atomic E-state index is 0.535. The molecule has 2 heteroatoms. The van der Waals surface area contributed by atoms with E-state index in [4.69, 9.17) is 0 Å². The second-order valence-corrected chi connectivity index (χ2v) is 2.92. The molecule has 1 aromatic carbocycles. The first-order valence-corrected chi connectivity index (χ1v) is 3.73. The Balaban J connectivity index is 2.75. The van der Waals surface area contributed by atoms with Crippen molar-refractivity contribution in [2.24, 2.45) is 0 Å². The van der Waals surface area contributed by atoms with Crippen LogP contribution in [0.3, 0.4) is 0 Å². The maximum Gasteiger partial charge on any atom is 0.159 e.